The first-order valence-electron chi connectivity index (χ1n) is 4.90. The van der Waals surface area contributed by atoms with Crippen LogP contribution in [0.15, 0.2) is 0 Å². The third-order valence-electron chi connectivity index (χ3n) is 2.31. The largest absolute Gasteiger partial charge is 0.381 e. The number of nitrogens with zero attached hydrogens (tertiary/aromatic N) is 1. The molecule has 0 aliphatic carbocycles. The number of ether oxygens (including phenoxy) is 1. The van der Waals surface area contributed by atoms with Crippen molar-refractivity contribution in [3.05, 3.63) is 0 Å². The lowest BCUT2D eigenvalue weighted by Gasteiger charge is -2.10. The van der Waals surface area contributed by atoms with Gasteiger partial charge < -0.3 is 4.74 Å². The fraction of sp³-hybridized carbons (Fsp3) is 1.00. The molecule has 1 heterocycles. The summed E-state index contributed by atoms with van der Waals surface area (Å²) < 4.78 is 5.52. The van der Waals surface area contributed by atoms with Crippen molar-refractivity contribution in [1.82, 2.24) is 5.01 Å². The molecule has 1 saturated heterocycles. The molecule has 0 aromatic heterocycles. The summed E-state index contributed by atoms with van der Waals surface area (Å²) >= 11 is 0. The summed E-state index contributed by atoms with van der Waals surface area (Å²) in [6.45, 7) is 6.03. The first kappa shape index (κ1) is 9.96. The van der Waals surface area contributed by atoms with Crippen molar-refractivity contribution < 1.29 is 4.74 Å². The van der Waals surface area contributed by atoms with Crippen LogP contribution < -0.4 is 5.84 Å². The number of hydrogen-bond donors (Lipinski definition) is 1. The van der Waals surface area contributed by atoms with Gasteiger partial charge in [-0.1, -0.05) is 13.3 Å². The average molecular weight is 172 g/mol. The summed E-state index contributed by atoms with van der Waals surface area (Å²) in [7, 11) is 0. The van der Waals surface area contributed by atoms with E-state index in [1.165, 1.54) is 19.3 Å². The molecule has 1 aliphatic rings. The number of nitrogens with two attached hydrogens (primary N) is 1. The minimum atomic E-state index is 0.673. The van der Waals surface area contributed by atoms with E-state index in [1.54, 1.807) is 0 Å². The van der Waals surface area contributed by atoms with Crippen LogP contribution in [0, 0.1) is 5.92 Å². The molecular weight excluding hydrogens is 152 g/mol. The Balaban J connectivity index is 1.93. The third kappa shape index (κ3) is 3.52. The molecule has 0 saturated carbocycles. The van der Waals surface area contributed by atoms with Crippen molar-refractivity contribution in [1.29, 1.82) is 0 Å². The van der Waals surface area contributed by atoms with Gasteiger partial charge in [0.25, 0.3) is 0 Å². The minimum Gasteiger partial charge on any atom is -0.381 e. The van der Waals surface area contributed by atoms with Gasteiger partial charge in [-0.15, -0.1) is 0 Å². The van der Waals surface area contributed by atoms with Gasteiger partial charge in [0.15, 0.2) is 0 Å². The number of hydrogen-bond acceptors (Lipinski definition) is 3. The summed E-state index contributed by atoms with van der Waals surface area (Å²) in [5.41, 5.74) is 0. The average Bonchev–Trinajstić information content (AvgIpc) is 2.45. The van der Waals surface area contributed by atoms with Crippen LogP contribution in [-0.4, -0.2) is 31.3 Å². The first-order chi connectivity index (χ1) is 5.83. The van der Waals surface area contributed by atoms with Crippen LogP contribution in [-0.2, 0) is 4.74 Å². The highest BCUT2D eigenvalue weighted by Gasteiger charge is 2.19. The van der Waals surface area contributed by atoms with E-state index in [0.29, 0.717) is 5.92 Å². The summed E-state index contributed by atoms with van der Waals surface area (Å²) in [4.78, 5) is 0. The third-order valence-corrected chi connectivity index (χ3v) is 2.31. The van der Waals surface area contributed by atoms with Crippen LogP contribution in [0.3, 0.4) is 0 Å². The summed E-state index contributed by atoms with van der Waals surface area (Å²) in [5.74, 6) is 6.31. The van der Waals surface area contributed by atoms with Gasteiger partial charge >= 0.3 is 0 Å². The van der Waals surface area contributed by atoms with E-state index in [1.807, 2.05) is 5.01 Å². The maximum atomic E-state index is 5.63. The smallest absolute Gasteiger partial charge is 0.0507 e. The number of rotatable bonds is 5. The molecule has 1 fully saturated rings. The molecule has 0 unspecified atom stereocenters. The summed E-state index contributed by atoms with van der Waals surface area (Å²) in [5, 5.41) is 1.88. The number of unbranched alkanes of at least 4 members (excludes halogenated alkanes) is 1. The lowest BCUT2D eigenvalue weighted by atomic mass is 10.1. The predicted octanol–water partition coefficient (Wildman–Crippen LogP) is 0.999. The first-order valence-corrected chi connectivity index (χ1v) is 4.90. The van der Waals surface area contributed by atoms with E-state index in [9.17, 15) is 0 Å². The van der Waals surface area contributed by atoms with Crippen molar-refractivity contribution >= 4 is 0 Å². The fourth-order valence-electron chi connectivity index (χ4n) is 1.50. The van der Waals surface area contributed by atoms with Gasteiger partial charge in [0.2, 0.25) is 0 Å². The van der Waals surface area contributed by atoms with Gasteiger partial charge in [0.05, 0.1) is 6.61 Å². The minimum absolute atomic E-state index is 0.673. The molecule has 0 radical (unpaired) electrons. The Morgan fingerprint density at radius 2 is 2.42 bits per heavy atom. The molecule has 12 heavy (non-hydrogen) atoms. The lowest BCUT2D eigenvalue weighted by molar-refractivity contribution is 0.0988. The monoisotopic (exact) mass is 172 g/mol. The lowest BCUT2D eigenvalue weighted by Crippen LogP contribution is -2.28. The molecule has 0 spiro atoms. The molecular formula is C9H20N2O. The molecule has 1 atom stereocenters. The second-order valence-corrected chi connectivity index (χ2v) is 3.58. The Morgan fingerprint density at radius 3 is 3.00 bits per heavy atom. The molecule has 0 aromatic rings. The van der Waals surface area contributed by atoms with Gasteiger partial charge in [0.1, 0.15) is 0 Å². The maximum absolute atomic E-state index is 5.63. The van der Waals surface area contributed by atoms with Crippen molar-refractivity contribution in [3.63, 3.8) is 0 Å². The van der Waals surface area contributed by atoms with Crippen molar-refractivity contribution in [2.24, 2.45) is 11.8 Å². The predicted molar refractivity (Wildman–Crippen MR) is 49.6 cm³/mol. The van der Waals surface area contributed by atoms with E-state index in [2.05, 4.69) is 6.92 Å². The van der Waals surface area contributed by atoms with Gasteiger partial charge in [-0.25, -0.2) is 5.01 Å². The molecule has 1 aliphatic heterocycles. The molecule has 3 heteroatoms. The Morgan fingerprint density at radius 1 is 1.58 bits per heavy atom. The summed E-state index contributed by atoms with van der Waals surface area (Å²) in [6, 6.07) is 0. The van der Waals surface area contributed by atoms with E-state index in [0.717, 1.165) is 26.3 Å². The molecule has 2 N–H and O–H groups in total. The van der Waals surface area contributed by atoms with E-state index in [4.69, 9.17) is 10.6 Å². The quantitative estimate of drug-likeness (QED) is 0.496. The van der Waals surface area contributed by atoms with Gasteiger partial charge in [-0.3, -0.25) is 5.84 Å². The van der Waals surface area contributed by atoms with Crippen LogP contribution in [0.4, 0.5) is 0 Å². The SMILES string of the molecule is CCCCOC[C@@H]1CCN(N)C1. The number of hydrazine groups is 1. The van der Waals surface area contributed by atoms with Crippen LogP contribution >= 0.6 is 0 Å². The molecule has 0 amide bonds. The highest BCUT2D eigenvalue weighted by atomic mass is 16.5. The second-order valence-electron chi connectivity index (χ2n) is 3.58. The zero-order valence-electron chi connectivity index (χ0n) is 7.96. The van der Waals surface area contributed by atoms with Crippen LogP contribution in [0.1, 0.15) is 26.2 Å². The fourth-order valence-corrected chi connectivity index (χ4v) is 1.50. The Bertz CT molecular complexity index is 119. The van der Waals surface area contributed by atoms with Crippen molar-refractivity contribution in [3.8, 4) is 0 Å². The zero-order valence-corrected chi connectivity index (χ0v) is 7.96. The van der Waals surface area contributed by atoms with Crippen LogP contribution in [0.25, 0.3) is 0 Å². The molecule has 3 nitrogen and oxygen atoms in total. The van der Waals surface area contributed by atoms with Gasteiger partial charge in [-0.2, -0.15) is 0 Å². The van der Waals surface area contributed by atoms with E-state index < -0.39 is 0 Å². The topological polar surface area (TPSA) is 38.5 Å². The van der Waals surface area contributed by atoms with E-state index in [-0.39, 0.29) is 0 Å². The maximum Gasteiger partial charge on any atom is 0.0507 e. The molecule has 1 rings (SSSR count). The highest BCUT2D eigenvalue weighted by Crippen LogP contribution is 2.12. The summed E-state index contributed by atoms with van der Waals surface area (Å²) in [6.07, 6.45) is 3.59. The van der Waals surface area contributed by atoms with Gasteiger partial charge in [0, 0.05) is 19.7 Å². The molecule has 0 bridgehead atoms. The highest BCUT2D eigenvalue weighted by molar-refractivity contribution is 4.70. The molecule has 0 aromatic carbocycles. The molecule has 72 valence electrons. The van der Waals surface area contributed by atoms with E-state index >= 15 is 0 Å². The Labute approximate surface area is 74.8 Å². The second kappa shape index (κ2) is 5.51. The van der Waals surface area contributed by atoms with Crippen molar-refractivity contribution in [2.75, 3.05) is 26.3 Å². The normalized spacial score (nSPS) is 25.0. The van der Waals surface area contributed by atoms with Crippen molar-refractivity contribution in [2.45, 2.75) is 26.2 Å². The standard InChI is InChI=1S/C9H20N2O/c1-2-3-6-12-8-9-4-5-11(10)7-9/h9H,2-8,10H2,1H3/t9-/m1/s1. The Kier molecular flexibility index (Phi) is 4.58. The Hall–Kier alpha value is -0.120. The van der Waals surface area contributed by atoms with Crippen LogP contribution in [0.2, 0.25) is 0 Å². The van der Waals surface area contributed by atoms with Gasteiger partial charge in [-0.05, 0) is 18.8 Å². The zero-order chi connectivity index (χ0) is 8.81. The van der Waals surface area contributed by atoms with Crippen LogP contribution in [0.5, 0.6) is 0 Å².